The van der Waals surface area contributed by atoms with Gasteiger partial charge in [-0.15, -0.1) is 0 Å². The van der Waals surface area contributed by atoms with E-state index in [-0.39, 0.29) is 11.1 Å². The molecule has 8 aromatic carbocycles. The number of rotatable bonds is 14. The van der Waals surface area contributed by atoms with Gasteiger partial charge in [-0.05, 0) is 142 Å². The van der Waals surface area contributed by atoms with Gasteiger partial charge < -0.3 is 0 Å². The molecule has 0 bridgehead atoms. The fraction of sp³-hybridized carbons (Fsp3) is 0.0870. The summed E-state index contributed by atoms with van der Waals surface area (Å²) < 4.78 is 47.7. The number of nitrogens with zero attached hydrogens (tertiary/aromatic N) is 3. The average Bonchev–Trinajstić information content (AvgIpc) is 3.52. The van der Waals surface area contributed by atoms with E-state index in [0.29, 0.717) is 5.69 Å². The van der Waals surface area contributed by atoms with Gasteiger partial charge in [0.15, 0.2) is 0 Å². The lowest BCUT2D eigenvalue weighted by molar-refractivity contribution is 0.931. The molecule has 11 aromatic rings. The van der Waals surface area contributed by atoms with Gasteiger partial charge in [0, 0.05) is 42.9 Å². The van der Waals surface area contributed by atoms with Crippen LogP contribution in [-0.2, 0) is 25.7 Å². The lowest BCUT2D eigenvalue weighted by atomic mass is 9.90. The molecule has 0 saturated heterocycles. The number of hydrogen-bond acceptors (Lipinski definition) is 3. The molecular weight excluding hydrogens is 871 g/mol. The van der Waals surface area contributed by atoms with Crippen LogP contribution in [0.3, 0.4) is 0 Å². The van der Waals surface area contributed by atoms with Crippen molar-refractivity contribution < 1.29 is 8.22 Å². The summed E-state index contributed by atoms with van der Waals surface area (Å²) in [6, 6.07) is 81.0. The molecule has 0 fully saturated rings. The number of pyridine rings is 3. The number of hydrogen-bond donors (Lipinski definition) is 0. The van der Waals surface area contributed by atoms with E-state index in [1.807, 2.05) is 42.6 Å². The van der Waals surface area contributed by atoms with Crippen molar-refractivity contribution in [1.82, 2.24) is 15.0 Å². The van der Waals surface area contributed by atoms with E-state index in [2.05, 4.69) is 181 Å². The van der Waals surface area contributed by atoms with Crippen molar-refractivity contribution in [2.45, 2.75) is 39.4 Å². The minimum atomic E-state index is -2.29. The second-order valence-electron chi connectivity index (χ2n) is 18.3. The van der Waals surface area contributed by atoms with Gasteiger partial charge in [0.05, 0.1) is 22.8 Å². The van der Waals surface area contributed by atoms with Crippen molar-refractivity contribution in [1.29, 1.82) is 0 Å². The number of aryl methyl sites for hydroxylation is 6. The predicted molar refractivity (Wildman–Crippen MR) is 300 cm³/mol. The molecule has 0 amide bonds. The van der Waals surface area contributed by atoms with Crippen molar-refractivity contribution in [3.8, 4) is 89.5 Å². The highest BCUT2D eigenvalue weighted by molar-refractivity contribution is 5.85. The molecule has 11 rings (SSSR count). The molecule has 72 heavy (non-hydrogen) atoms. The van der Waals surface area contributed by atoms with E-state index in [1.165, 1.54) is 39.6 Å². The van der Waals surface area contributed by atoms with Crippen LogP contribution in [0.2, 0.25) is 0 Å². The van der Waals surface area contributed by atoms with Crippen LogP contribution in [0.5, 0.6) is 0 Å². The van der Waals surface area contributed by atoms with Crippen LogP contribution in [0.15, 0.2) is 249 Å². The Morgan fingerprint density at radius 2 is 0.819 bits per heavy atom. The normalized spacial score (nSPS) is 12.7. The maximum Gasteiger partial charge on any atom is 0.0738 e. The molecule has 0 unspecified atom stereocenters. The van der Waals surface area contributed by atoms with Crippen LogP contribution >= 0.6 is 0 Å². The van der Waals surface area contributed by atoms with Gasteiger partial charge in [0.2, 0.25) is 0 Å². The second kappa shape index (κ2) is 21.1. The van der Waals surface area contributed by atoms with E-state index in [0.717, 1.165) is 98.4 Å². The molecule has 3 aromatic heterocycles. The maximum absolute atomic E-state index is 8.18. The summed E-state index contributed by atoms with van der Waals surface area (Å²) in [5.41, 5.74) is 21.1. The Morgan fingerprint density at radius 1 is 0.319 bits per heavy atom. The fourth-order valence-corrected chi connectivity index (χ4v) is 9.53. The van der Waals surface area contributed by atoms with E-state index >= 15 is 0 Å². The van der Waals surface area contributed by atoms with Crippen molar-refractivity contribution in [2.75, 3.05) is 0 Å². The van der Waals surface area contributed by atoms with Gasteiger partial charge in [0.1, 0.15) is 0 Å². The first-order valence-electron chi connectivity index (χ1n) is 27.6. The Morgan fingerprint density at radius 3 is 1.43 bits per heavy atom. The fourth-order valence-electron chi connectivity index (χ4n) is 9.53. The standard InChI is InChI=1S/C69H55N3/c1-48-17-39-66(71-47-48)58-27-23-50(24-28-58)19-21-52-43-53(22-20-51-25-29-59(30-26-51)67-40-18-49(2)69(72-67)61-13-7-4-8-14-61)45-63(44-52)65-16-10-9-15-64(65)57-35-37-60(38-36-57)68-46-62(41-42-70-68)56-33-31-55(32-34-56)54-11-5-3-6-12-54/h3-18,23-47H,19-22H2,1-2H3/i1D3,2D3. The third-order valence-corrected chi connectivity index (χ3v) is 13.5. The summed E-state index contributed by atoms with van der Waals surface area (Å²) in [5.74, 6) is 0. The summed E-state index contributed by atoms with van der Waals surface area (Å²) in [5, 5.41) is 0. The van der Waals surface area contributed by atoms with Gasteiger partial charge in [-0.25, -0.2) is 4.98 Å². The number of aromatic nitrogens is 3. The molecule has 346 valence electrons. The summed E-state index contributed by atoms with van der Waals surface area (Å²) in [6.45, 7) is -4.48. The Kier molecular flexibility index (Phi) is 11.4. The van der Waals surface area contributed by atoms with E-state index in [1.54, 1.807) is 24.3 Å². The Hall–Kier alpha value is -8.79. The second-order valence-corrected chi connectivity index (χ2v) is 18.3. The molecule has 3 heterocycles. The minimum absolute atomic E-state index is 0.229. The van der Waals surface area contributed by atoms with E-state index in [9.17, 15) is 0 Å². The van der Waals surface area contributed by atoms with Gasteiger partial charge >= 0.3 is 0 Å². The molecular formula is C69H55N3. The zero-order chi connectivity index (χ0) is 53.6. The minimum Gasteiger partial charge on any atom is -0.256 e. The summed E-state index contributed by atoms with van der Waals surface area (Å²) in [6.07, 6.45) is 6.65. The average molecular weight is 932 g/mol. The molecule has 0 radical (unpaired) electrons. The van der Waals surface area contributed by atoms with Gasteiger partial charge in [-0.1, -0.05) is 212 Å². The Labute approximate surface area is 432 Å². The molecule has 3 nitrogen and oxygen atoms in total. The summed E-state index contributed by atoms with van der Waals surface area (Å²) >= 11 is 0. The first-order valence-corrected chi connectivity index (χ1v) is 24.6. The molecule has 0 atom stereocenters. The quantitative estimate of drug-likeness (QED) is 0.109. The largest absolute Gasteiger partial charge is 0.256 e. The third-order valence-electron chi connectivity index (χ3n) is 13.5. The first-order chi connectivity index (χ1) is 37.9. The lowest BCUT2D eigenvalue weighted by Crippen LogP contribution is -1.98. The topological polar surface area (TPSA) is 38.7 Å². The highest BCUT2D eigenvalue weighted by atomic mass is 14.7. The molecule has 0 aliphatic carbocycles. The first kappa shape index (κ1) is 39.0. The molecule has 0 aliphatic heterocycles. The van der Waals surface area contributed by atoms with Gasteiger partial charge in [-0.3, -0.25) is 9.97 Å². The van der Waals surface area contributed by atoms with Crippen LogP contribution in [0.4, 0.5) is 0 Å². The predicted octanol–water partition coefficient (Wildman–Crippen LogP) is 17.4. The lowest BCUT2D eigenvalue weighted by Gasteiger charge is -2.15. The van der Waals surface area contributed by atoms with Crippen LogP contribution < -0.4 is 0 Å². The monoisotopic (exact) mass is 931 g/mol. The van der Waals surface area contributed by atoms with Gasteiger partial charge in [-0.2, -0.15) is 0 Å². The van der Waals surface area contributed by atoms with Crippen LogP contribution in [0.25, 0.3) is 89.5 Å². The summed E-state index contributed by atoms with van der Waals surface area (Å²) in [4.78, 5) is 14.2. The van der Waals surface area contributed by atoms with E-state index in [4.69, 9.17) is 18.2 Å². The Balaban J connectivity index is 0.854. The molecule has 0 saturated carbocycles. The van der Waals surface area contributed by atoms with Crippen molar-refractivity contribution in [2.24, 2.45) is 0 Å². The molecule has 0 spiro atoms. The van der Waals surface area contributed by atoms with E-state index < -0.39 is 13.7 Å². The smallest absolute Gasteiger partial charge is 0.0738 e. The third kappa shape index (κ3) is 10.5. The van der Waals surface area contributed by atoms with Gasteiger partial charge in [0.25, 0.3) is 0 Å². The SMILES string of the molecule is [2H]C([2H])([2H])c1ccc(-c2ccc(CCc3cc(CCc4ccc(-c5ccc(C([2H])([2H])[2H])c(-c6ccccc6)n5)cc4)cc(-c4ccccc4-c4ccc(-c5cc(-c6ccc(-c7ccccc7)cc6)ccn5)cc4)c3)cc2)nc1. The number of benzene rings is 8. The summed E-state index contributed by atoms with van der Waals surface area (Å²) in [7, 11) is 0. The highest BCUT2D eigenvalue weighted by Crippen LogP contribution is 2.36. The molecule has 0 N–H and O–H groups in total. The molecule has 0 aliphatic rings. The van der Waals surface area contributed by atoms with Crippen LogP contribution in [-0.4, -0.2) is 15.0 Å². The Bertz CT molecular complexity index is 3820. The van der Waals surface area contributed by atoms with Crippen LogP contribution in [0.1, 0.15) is 41.6 Å². The zero-order valence-electron chi connectivity index (χ0n) is 45.8. The van der Waals surface area contributed by atoms with Crippen molar-refractivity contribution in [3.63, 3.8) is 0 Å². The van der Waals surface area contributed by atoms with Crippen LogP contribution in [0, 0.1) is 13.7 Å². The highest BCUT2D eigenvalue weighted by Gasteiger charge is 2.13. The zero-order valence-corrected chi connectivity index (χ0v) is 39.8. The van der Waals surface area contributed by atoms with Crippen molar-refractivity contribution in [3.05, 3.63) is 282 Å². The maximum atomic E-state index is 8.18. The van der Waals surface area contributed by atoms with Crippen molar-refractivity contribution >= 4 is 0 Å². The molecule has 3 heteroatoms.